The van der Waals surface area contributed by atoms with E-state index in [1.54, 1.807) is 12.1 Å². The molecule has 3 rings (SSSR count). The van der Waals surface area contributed by atoms with Crippen LogP contribution in [-0.4, -0.2) is 9.85 Å². The lowest BCUT2D eigenvalue weighted by Crippen LogP contribution is -2.27. The van der Waals surface area contributed by atoms with Crippen LogP contribution in [0.3, 0.4) is 0 Å². The van der Waals surface area contributed by atoms with E-state index in [1.807, 2.05) is 12.1 Å². The van der Waals surface area contributed by atoms with Crippen LogP contribution in [0.2, 0.25) is 0 Å². The molecule has 0 unspecified atom stereocenters. The second-order valence-electron chi connectivity index (χ2n) is 8.89. The third kappa shape index (κ3) is 5.02. The zero-order chi connectivity index (χ0) is 24.2. The van der Waals surface area contributed by atoms with E-state index in [0.29, 0.717) is 8.95 Å². The summed E-state index contributed by atoms with van der Waals surface area (Å²) in [7, 11) is 0. The first-order chi connectivity index (χ1) is 15.8. The number of halogens is 2. The quantitative estimate of drug-likeness (QED) is 0.142. The maximum absolute atomic E-state index is 12.3. The third-order valence-electron chi connectivity index (χ3n) is 6.79. The molecule has 1 aliphatic carbocycles. The Kier molecular flexibility index (Phi) is 8.67. The smallest absolute Gasteiger partial charge is 0.258 e. The fourth-order valence-corrected chi connectivity index (χ4v) is 6.22. The van der Waals surface area contributed by atoms with Crippen molar-refractivity contribution in [1.29, 1.82) is 0 Å². The van der Waals surface area contributed by atoms with Crippen molar-refractivity contribution in [3.63, 3.8) is 0 Å². The summed E-state index contributed by atoms with van der Waals surface area (Å²) in [4.78, 5) is 23.2. The molecule has 8 heteroatoms. The Hall–Kier alpha value is -1.80. The van der Waals surface area contributed by atoms with Crippen molar-refractivity contribution in [3.8, 4) is 11.1 Å². The molecule has 2 aromatic rings. The van der Waals surface area contributed by atoms with Crippen LogP contribution in [0.4, 0.5) is 11.4 Å². The van der Waals surface area contributed by atoms with Gasteiger partial charge >= 0.3 is 0 Å². The van der Waals surface area contributed by atoms with E-state index >= 15 is 0 Å². The fourth-order valence-electron chi connectivity index (χ4n) is 5.26. The number of hydrogen-bond acceptors (Lipinski definition) is 4. The van der Waals surface area contributed by atoms with E-state index in [4.69, 9.17) is 0 Å². The molecule has 2 aromatic carbocycles. The van der Waals surface area contributed by atoms with Gasteiger partial charge in [-0.3, -0.25) is 20.2 Å². The molecule has 0 radical (unpaired) electrons. The lowest BCUT2D eigenvalue weighted by molar-refractivity contribution is -0.386. The van der Waals surface area contributed by atoms with Gasteiger partial charge in [0, 0.05) is 17.0 Å². The molecule has 1 aliphatic rings. The molecule has 0 fully saturated rings. The molecule has 0 saturated carbocycles. The van der Waals surface area contributed by atoms with E-state index in [2.05, 4.69) is 45.7 Å². The molecular formula is C25H30Br2N2O4. The lowest BCUT2D eigenvalue weighted by atomic mass is 9.70. The summed E-state index contributed by atoms with van der Waals surface area (Å²) in [6, 6.07) is 7.02. The number of benzene rings is 2. The number of unbranched alkanes of at least 4 members (excludes halogenated alkanes) is 6. The molecule has 0 spiro atoms. The van der Waals surface area contributed by atoms with Gasteiger partial charge in [-0.2, -0.15) is 0 Å². The van der Waals surface area contributed by atoms with Gasteiger partial charge in [0.25, 0.3) is 11.4 Å². The van der Waals surface area contributed by atoms with Crippen LogP contribution in [0.1, 0.15) is 89.2 Å². The van der Waals surface area contributed by atoms with Crippen LogP contribution in [0, 0.1) is 20.2 Å². The van der Waals surface area contributed by atoms with E-state index in [0.717, 1.165) is 86.5 Å². The highest BCUT2D eigenvalue weighted by atomic mass is 79.9. The van der Waals surface area contributed by atoms with Crippen LogP contribution in [-0.2, 0) is 5.41 Å². The second-order valence-corrected chi connectivity index (χ2v) is 10.6. The van der Waals surface area contributed by atoms with Gasteiger partial charge in [0.15, 0.2) is 0 Å². The molecule has 0 atom stereocenters. The molecule has 33 heavy (non-hydrogen) atoms. The van der Waals surface area contributed by atoms with E-state index < -0.39 is 10.3 Å². The van der Waals surface area contributed by atoms with Crippen LogP contribution in [0.15, 0.2) is 33.2 Å². The minimum absolute atomic E-state index is 0.0157. The van der Waals surface area contributed by atoms with E-state index in [-0.39, 0.29) is 16.3 Å². The summed E-state index contributed by atoms with van der Waals surface area (Å²) in [5, 5.41) is 23.9. The minimum Gasteiger partial charge on any atom is -0.258 e. The maximum atomic E-state index is 12.3. The Morgan fingerprint density at radius 1 is 0.788 bits per heavy atom. The van der Waals surface area contributed by atoms with Gasteiger partial charge in [-0.15, -0.1) is 0 Å². The summed E-state index contributed by atoms with van der Waals surface area (Å²) in [6.07, 6.45) is 10.1. The normalized spacial score (nSPS) is 13.6. The molecule has 0 heterocycles. The van der Waals surface area contributed by atoms with Gasteiger partial charge in [0.05, 0.1) is 18.8 Å². The van der Waals surface area contributed by atoms with Gasteiger partial charge in [-0.1, -0.05) is 71.3 Å². The van der Waals surface area contributed by atoms with Crippen molar-refractivity contribution in [2.75, 3.05) is 0 Å². The highest BCUT2D eigenvalue weighted by Gasteiger charge is 2.48. The van der Waals surface area contributed by atoms with Crippen molar-refractivity contribution in [2.24, 2.45) is 0 Å². The number of nitro groups is 2. The van der Waals surface area contributed by atoms with Crippen molar-refractivity contribution >= 4 is 43.2 Å². The largest absolute Gasteiger partial charge is 0.288 e. The molecule has 6 nitrogen and oxygen atoms in total. The SMILES string of the molecule is CCCCCCC1(CCCCCC)c2cc(Br)c([N+](=O)[O-])cc2-c2ccc(Br)c([N+](=O)[O-])c21. The van der Waals surface area contributed by atoms with Crippen molar-refractivity contribution in [2.45, 2.75) is 83.5 Å². The topological polar surface area (TPSA) is 86.3 Å². The fraction of sp³-hybridized carbons (Fsp3) is 0.520. The van der Waals surface area contributed by atoms with E-state index in [9.17, 15) is 20.2 Å². The Morgan fingerprint density at radius 2 is 1.39 bits per heavy atom. The van der Waals surface area contributed by atoms with Crippen LogP contribution >= 0.6 is 31.9 Å². The Labute approximate surface area is 211 Å². The summed E-state index contributed by atoms with van der Waals surface area (Å²) in [5.41, 5.74) is 2.74. The number of nitrogens with zero attached hydrogens (tertiary/aromatic N) is 2. The number of rotatable bonds is 12. The molecular weight excluding hydrogens is 552 g/mol. The van der Waals surface area contributed by atoms with Gasteiger partial charge in [0.2, 0.25) is 0 Å². The first kappa shape index (κ1) is 25.8. The Bertz CT molecular complexity index is 1040. The van der Waals surface area contributed by atoms with Crippen LogP contribution < -0.4 is 0 Å². The molecule has 0 amide bonds. The van der Waals surface area contributed by atoms with Crippen molar-refractivity contribution in [3.05, 3.63) is 64.6 Å². The van der Waals surface area contributed by atoms with Gasteiger partial charge in [-0.25, -0.2) is 0 Å². The zero-order valence-electron chi connectivity index (χ0n) is 19.2. The maximum Gasteiger partial charge on any atom is 0.288 e. The molecule has 0 bridgehead atoms. The molecule has 0 aliphatic heterocycles. The summed E-state index contributed by atoms with van der Waals surface area (Å²) in [6.45, 7) is 4.33. The number of nitro benzene ring substituents is 2. The predicted molar refractivity (Wildman–Crippen MR) is 139 cm³/mol. The van der Waals surface area contributed by atoms with Gasteiger partial charge in [0.1, 0.15) is 0 Å². The first-order valence-corrected chi connectivity index (χ1v) is 13.3. The predicted octanol–water partition coefficient (Wildman–Crippen LogP) is 9.24. The standard InChI is InChI=1S/C25H30Br2N2O4/c1-3-5-7-9-13-25(14-10-8-6-4-2)19-16-21(27)22(28(30)31)15-18(19)17-11-12-20(26)24(23(17)25)29(32)33/h11-12,15-16H,3-10,13-14H2,1-2H3. The van der Waals surface area contributed by atoms with E-state index in [1.165, 1.54) is 0 Å². The molecule has 0 N–H and O–H groups in total. The zero-order valence-corrected chi connectivity index (χ0v) is 22.3. The third-order valence-corrected chi connectivity index (χ3v) is 8.07. The summed E-state index contributed by atoms with van der Waals surface area (Å²) >= 11 is 6.84. The Balaban J connectivity index is 2.28. The summed E-state index contributed by atoms with van der Waals surface area (Å²) < 4.78 is 0.881. The van der Waals surface area contributed by atoms with Crippen molar-refractivity contribution in [1.82, 2.24) is 0 Å². The second kappa shape index (κ2) is 11.1. The minimum atomic E-state index is -0.532. The van der Waals surface area contributed by atoms with Crippen LogP contribution in [0.25, 0.3) is 11.1 Å². The first-order valence-electron chi connectivity index (χ1n) is 11.7. The average Bonchev–Trinajstić information content (AvgIpc) is 3.02. The molecule has 178 valence electrons. The highest BCUT2D eigenvalue weighted by Crippen LogP contribution is 2.59. The lowest BCUT2D eigenvalue weighted by Gasteiger charge is -2.32. The molecule has 0 aromatic heterocycles. The molecule has 0 saturated heterocycles. The number of hydrogen-bond donors (Lipinski definition) is 0. The highest BCUT2D eigenvalue weighted by molar-refractivity contribution is 9.11. The summed E-state index contributed by atoms with van der Waals surface area (Å²) in [5.74, 6) is 0. The van der Waals surface area contributed by atoms with Crippen molar-refractivity contribution < 1.29 is 9.85 Å². The van der Waals surface area contributed by atoms with Gasteiger partial charge in [-0.05, 0) is 73.5 Å². The van der Waals surface area contributed by atoms with Gasteiger partial charge < -0.3 is 0 Å². The van der Waals surface area contributed by atoms with Crippen LogP contribution in [0.5, 0.6) is 0 Å². The Morgan fingerprint density at radius 3 is 1.91 bits per heavy atom. The monoisotopic (exact) mass is 580 g/mol. The average molecular weight is 582 g/mol. The number of fused-ring (bicyclic) bond motifs is 3.